The third kappa shape index (κ3) is 74.3. The Kier molecular flexibility index (Phi) is 71.2. The second-order valence-corrected chi connectivity index (χ2v) is 33.0. The highest BCUT2D eigenvalue weighted by Gasteiger charge is 2.30. The molecule has 0 aromatic heterocycles. The van der Waals surface area contributed by atoms with Crippen LogP contribution < -0.4 is 0 Å². The number of unbranched alkanes of at least 4 members (excludes halogenated alkanes) is 50. The van der Waals surface area contributed by atoms with Crippen molar-refractivity contribution in [2.45, 2.75) is 445 Å². The lowest BCUT2D eigenvalue weighted by molar-refractivity contribution is -0.161. The van der Waals surface area contributed by atoms with Crippen molar-refractivity contribution < 1.29 is 80.2 Å². The molecule has 3 N–H and O–H groups in total. The molecular weight excluding hydrogens is 1310 g/mol. The predicted octanol–water partition coefficient (Wildman–Crippen LogP) is 24.3. The molecule has 0 aliphatic carbocycles. The standard InChI is InChI=1S/C81H158O17P2/c1-7-9-11-13-15-16-17-18-19-20-21-22-23-31-36-41-47-53-59-66-81(86)98-77(70-92-79(84)64-58-52-46-40-35-30-26-24-28-33-38-44-49-55-61-73(3)4)72-96-100(89,90)94-68-75(82)67-93-99(87,88)95-71-76(69-91-78(83)63-57-51-43-14-12-10-8-2)97-80(85)65-60-54-48-42-37-32-27-25-29-34-39-45-50-56-62-74(5)6/h73-77,82H,7-72H2,1-6H3,(H,87,88)(H,89,90)/t75-,76+,77+/m0/s1. The van der Waals surface area contributed by atoms with Crippen LogP contribution in [0.2, 0.25) is 0 Å². The van der Waals surface area contributed by atoms with Gasteiger partial charge >= 0.3 is 39.5 Å². The SMILES string of the molecule is CCCCCCCCCCCCCCCCCCCCCC(=O)O[C@H](COC(=O)CCCCCCCCCCCCCCCCC(C)C)COP(=O)(O)OC[C@@H](O)COP(=O)(O)OC[C@@H](COC(=O)CCCCCCCCC)OC(=O)CCCCCCCCCCCCCCCCC(C)C. The van der Waals surface area contributed by atoms with Crippen LogP contribution in [-0.2, 0) is 65.4 Å². The monoisotopic (exact) mass is 1470 g/mol. The normalized spacial score (nSPS) is 13.9. The summed E-state index contributed by atoms with van der Waals surface area (Å²) in [5.74, 6) is -0.518. The smallest absolute Gasteiger partial charge is 0.462 e. The minimum atomic E-state index is -4.96. The van der Waals surface area contributed by atoms with E-state index in [1.807, 2.05) is 0 Å². The summed E-state index contributed by atoms with van der Waals surface area (Å²) in [6.45, 7) is 9.64. The summed E-state index contributed by atoms with van der Waals surface area (Å²) in [4.78, 5) is 72.9. The summed E-state index contributed by atoms with van der Waals surface area (Å²) in [5, 5.41) is 10.6. The fraction of sp³-hybridized carbons (Fsp3) is 0.951. The Morgan fingerprint density at radius 3 is 0.680 bits per heavy atom. The van der Waals surface area contributed by atoms with Gasteiger partial charge in [-0.25, -0.2) is 9.13 Å². The van der Waals surface area contributed by atoms with Crippen LogP contribution in [0.3, 0.4) is 0 Å². The molecule has 0 fully saturated rings. The second-order valence-electron chi connectivity index (χ2n) is 30.1. The molecule has 0 amide bonds. The third-order valence-corrected chi connectivity index (χ3v) is 20.9. The minimum Gasteiger partial charge on any atom is -0.462 e. The lowest BCUT2D eigenvalue weighted by Gasteiger charge is -2.21. The maximum atomic E-state index is 13.1. The number of phosphoric acid groups is 2. The van der Waals surface area contributed by atoms with Crippen molar-refractivity contribution in [2.75, 3.05) is 39.6 Å². The molecule has 0 aromatic rings. The fourth-order valence-electron chi connectivity index (χ4n) is 12.5. The topological polar surface area (TPSA) is 237 Å². The highest BCUT2D eigenvalue weighted by Crippen LogP contribution is 2.45. The van der Waals surface area contributed by atoms with Gasteiger partial charge in [-0.1, -0.05) is 375 Å². The number of ether oxygens (including phenoxy) is 4. The fourth-order valence-corrected chi connectivity index (χ4v) is 14.1. The molecule has 0 bridgehead atoms. The maximum absolute atomic E-state index is 13.1. The van der Waals surface area contributed by atoms with Crippen molar-refractivity contribution in [3.63, 3.8) is 0 Å². The Morgan fingerprint density at radius 1 is 0.270 bits per heavy atom. The lowest BCUT2D eigenvalue weighted by atomic mass is 10.0. The van der Waals surface area contributed by atoms with E-state index in [2.05, 4.69) is 41.5 Å². The first kappa shape index (κ1) is 98.1. The molecule has 2 unspecified atom stereocenters. The van der Waals surface area contributed by atoms with Crippen molar-refractivity contribution in [3.05, 3.63) is 0 Å². The second kappa shape index (κ2) is 72.6. The highest BCUT2D eigenvalue weighted by atomic mass is 31.2. The van der Waals surface area contributed by atoms with Gasteiger partial charge in [0.2, 0.25) is 0 Å². The molecule has 0 spiro atoms. The average molecular weight is 1470 g/mol. The van der Waals surface area contributed by atoms with E-state index < -0.39 is 97.5 Å². The molecule has 0 radical (unpaired) electrons. The van der Waals surface area contributed by atoms with Crippen LogP contribution in [-0.4, -0.2) is 96.7 Å². The van der Waals surface area contributed by atoms with Crippen LogP contribution in [0.25, 0.3) is 0 Å². The van der Waals surface area contributed by atoms with E-state index in [-0.39, 0.29) is 25.7 Å². The Labute approximate surface area is 613 Å². The number of rotatable bonds is 80. The van der Waals surface area contributed by atoms with Crippen LogP contribution >= 0.6 is 15.6 Å². The van der Waals surface area contributed by atoms with Gasteiger partial charge in [-0.15, -0.1) is 0 Å². The molecule has 0 heterocycles. The molecule has 19 heteroatoms. The summed E-state index contributed by atoms with van der Waals surface area (Å²) in [6, 6.07) is 0. The first-order chi connectivity index (χ1) is 48.4. The lowest BCUT2D eigenvalue weighted by Crippen LogP contribution is -2.30. The number of carbonyl (C=O) groups excluding carboxylic acids is 4. The van der Waals surface area contributed by atoms with Crippen molar-refractivity contribution >= 4 is 39.5 Å². The van der Waals surface area contributed by atoms with Crippen molar-refractivity contribution in [3.8, 4) is 0 Å². The summed E-state index contributed by atoms with van der Waals surface area (Å²) < 4.78 is 68.6. The van der Waals surface area contributed by atoms with Gasteiger partial charge in [-0.2, -0.15) is 0 Å². The van der Waals surface area contributed by atoms with Crippen molar-refractivity contribution in [2.24, 2.45) is 11.8 Å². The van der Waals surface area contributed by atoms with Crippen LogP contribution in [0, 0.1) is 11.8 Å². The molecule has 0 aliphatic heterocycles. The predicted molar refractivity (Wildman–Crippen MR) is 409 cm³/mol. The molecule has 594 valence electrons. The molecular formula is C81H158O17P2. The molecule has 0 saturated carbocycles. The van der Waals surface area contributed by atoms with E-state index in [9.17, 15) is 43.2 Å². The first-order valence-electron chi connectivity index (χ1n) is 42.0. The maximum Gasteiger partial charge on any atom is 0.472 e. The van der Waals surface area contributed by atoms with E-state index in [0.29, 0.717) is 25.7 Å². The average Bonchev–Trinajstić information content (AvgIpc) is 1.21. The van der Waals surface area contributed by atoms with Gasteiger partial charge in [-0.05, 0) is 37.5 Å². The third-order valence-electron chi connectivity index (χ3n) is 19.0. The Bertz CT molecular complexity index is 1920. The Balaban J connectivity index is 5.18. The van der Waals surface area contributed by atoms with E-state index in [1.54, 1.807) is 0 Å². The largest absolute Gasteiger partial charge is 0.472 e. The highest BCUT2D eigenvalue weighted by molar-refractivity contribution is 7.47. The van der Waals surface area contributed by atoms with Crippen molar-refractivity contribution in [1.29, 1.82) is 0 Å². The number of carbonyl (C=O) groups is 4. The molecule has 0 rings (SSSR count). The zero-order chi connectivity index (χ0) is 73.5. The zero-order valence-corrected chi connectivity index (χ0v) is 67.3. The number of aliphatic hydroxyl groups is 1. The summed E-state index contributed by atoms with van der Waals surface area (Å²) in [6.07, 6.45) is 62.6. The number of esters is 4. The molecule has 0 aromatic carbocycles. The van der Waals surface area contributed by atoms with Gasteiger partial charge in [0.15, 0.2) is 12.2 Å². The number of aliphatic hydroxyl groups excluding tert-OH is 1. The van der Waals surface area contributed by atoms with Crippen LogP contribution in [0.15, 0.2) is 0 Å². The summed E-state index contributed by atoms with van der Waals surface area (Å²) in [7, 11) is -9.91. The summed E-state index contributed by atoms with van der Waals surface area (Å²) >= 11 is 0. The molecule has 5 atom stereocenters. The van der Waals surface area contributed by atoms with Gasteiger partial charge in [0, 0.05) is 25.7 Å². The molecule has 0 saturated heterocycles. The van der Waals surface area contributed by atoms with E-state index in [4.69, 9.17) is 37.0 Å². The number of hydrogen-bond donors (Lipinski definition) is 3. The van der Waals surface area contributed by atoms with Crippen LogP contribution in [0.5, 0.6) is 0 Å². The molecule has 100 heavy (non-hydrogen) atoms. The van der Waals surface area contributed by atoms with Crippen molar-refractivity contribution in [1.82, 2.24) is 0 Å². The van der Waals surface area contributed by atoms with Gasteiger partial charge in [0.1, 0.15) is 19.3 Å². The van der Waals surface area contributed by atoms with Gasteiger partial charge in [0.25, 0.3) is 0 Å². The zero-order valence-electron chi connectivity index (χ0n) is 65.5. The summed E-state index contributed by atoms with van der Waals surface area (Å²) in [5.41, 5.74) is 0. The van der Waals surface area contributed by atoms with E-state index in [0.717, 1.165) is 115 Å². The molecule has 0 aliphatic rings. The van der Waals surface area contributed by atoms with Crippen LogP contribution in [0.1, 0.15) is 427 Å². The molecule has 17 nitrogen and oxygen atoms in total. The first-order valence-corrected chi connectivity index (χ1v) is 45.0. The number of phosphoric ester groups is 2. The minimum absolute atomic E-state index is 0.107. The van der Waals surface area contributed by atoms with Crippen LogP contribution in [0.4, 0.5) is 0 Å². The van der Waals surface area contributed by atoms with Gasteiger partial charge in [-0.3, -0.25) is 37.3 Å². The van der Waals surface area contributed by atoms with E-state index in [1.165, 1.54) is 231 Å². The Morgan fingerprint density at radius 2 is 0.460 bits per heavy atom. The number of hydrogen-bond acceptors (Lipinski definition) is 15. The Hall–Kier alpha value is -1.94. The quantitative estimate of drug-likeness (QED) is 0.0222. The van der Waals surface area contributed by atoms with E-state index >= 15 is 0 Å². The van der Waals surface area contributed by atoms with Gasteiger partial charge < -0.3 is 33.8 Å². The van der Waals surface area contributed by atoms with Gasteiger partial charge in [0.05, 0.1) is 26.4 Å².